The summed E-state index contributed by atoms with van der Waals surface area (Å²) in [7, 11) is 0. The Kier molecular flexibility index (Phi) is 4.15. The number of hydrazone groups is 1. The van der Waals surface area contributed by atoms with Gasteiger partial charge in [0.1, 0.15) is 0 Å². The van der Waals surface area contributed by atoms with E-state index in [1.807, 2.05) is 6.92 Å². The van der Waals surface area contributed by atoms with Crippen LogP contribution in [0.3, 0.4) is 0 Å². The Balaban J connectivity index is 1.66. The number of hydrogen-bond acceptors (Lipinski definition) is 4. The van der Waals surface area contributed by atoms with Crippen molar-refractivity contribution in [3.8, 4) is 0 Å². The van der Waals surface area contributed by atoms with Gasteiger partial charge in [-0.2, -0.15) is 5.10 Å². The average Bonchev–Trinajstić information content (AvgIpc) is 3.14. The van der Waals surface area contributed by atoms with Crippen LogP contribution in [0.4, 0.5) is 5.69 Å². The van der Waals surface area contributed by atoms with E-state index >= 15 is 0 Å². The lowest BCUT2D eigenvalue weighted by atomic mass is 9.86. The zero-order chi connectivity index (χ0) is 16.6. The summed E-state index contributed by atoms with van der Waals surface area (Å²) in [6, 6.07) is 4.34. The fraction of sp³-hybridized carbons (Fsp3) is 0.529. The van der Waals surface area contributed by atoms with Crippen molar-refractivity contribution < 1.29 is 9.72 Å². The molecule has 0 radical (unpaired) electrons. The lowest BCUT2D eigenvalue weighted by Crippen LogP contribution is -2.24. The van der Waals surface area contributed by atoms with Gasteiger partial charge in [0.15, 0.2) is 0 Å². The van der Waals surface area contributed by atoms with Crippen molar-refractivity contribution in [1.82, 2.24) is 5.43 Å². The van der Waals surface area contributed by atoms with E-state index in [0.717, 1.165) is 17.5 Å². The van der Waals surface area contributed by atoms with E-state index < -0.39 is 4.92 Å². The van der Waals surface area contributed by atoms with E-state index in [4.69, 9.17) is 0 Å². The minimum atomic E-state index is -0.450. The zero-order valence-corrected chi connectivity index (χ0v) is 13.4. The Morgan fingerprint density at radius 3 is 2.70 bits per heavy atom. The lowest BCUT2D eigenvalue weighted by molar-refractivity contribution is -0.385. The first-order valence-corrected chi connectivity index (χ1v) is 8.05. The highest BCUT2D eigenvalue weighted by Crippen LogP contribution is 2.48. The van der Waals surface area contributed by atoms with Gasteiger partial charge >= 0.3 is 0 Å². The molecule has 0 heterocycles. The number of rotatable bonds is 4. The summed E-state index contributed by atoms with van der Waals surface area (Å²) in [4.78, 5) is 22.5. The van der Waals surface area contributed by atoms with Gasteiger partial charge in [-0.1, -0.05) is 6.42 Å². The van der Waals surface area contributed by atoms with Crippen molar-refractivity contribution >= 4 is 17.3 Å². The van der Waals surface area contributed by atoms with E-state index in [1.165, 1.54) is 43.9 Å². The minimum Gasteiger partial charge on any atom is -0.267 e. The number of nitro groups is 1. The fourth-order valence-corrected chi connectivity index (χ4v) is 4.04. The topological polar surface area (TPSA) is 84.6 Å². The predicted octanol–water partition coefficient (Wildman–Crippen LogP) is 3.45. The molecule has 0 saturated heterocycles. The molecule has 3 atom stereocenters. The van der Waals surface area contributed by atoms with Crippen LogP contribution in [0.1, 0.15) is 48.5 Å². The number of fused-ring (bicyclic) bond motifs is 2. The second kappa shape index (κ2) is 6.10. The molecule has 0 spiro atoms. The first kappa shape index (κ1) is 15.6. The van der Waals surface area contributed by atoms with Gasteiger partial charge in [0, 0.05) is 28.8 Å². The van der Waals surface area contributed by atoms with Crippen molar-refractivity contribution in [2.45, 2.75) is 39.5 Å². The van der Waals surface area contributed by atoms with Gasteiger partial charge in [-0.3, -0.25) is 14.9 Å². The third-order valence-corrected chi connectivity index (χ3v) is 5.26. The van der Waals surface area contributed by atoms with E-state index in [0.29, 0.717) is 17.0 Å². The lowest BCUT2D eigenvalue weighted by Gasteiger charge is -2.21. The quantitative estimate of drug-likeness (QED) is 0.524. The highest BCUT2D eigenvalue weighted by Gasteiger charge is 2.40. The van der Waals surface area contributed by atoms with Crippen LogP contribution < -0.4 is 5.43 Å². The van der Waals surface area contributed by atoms with Crippen LogP contribution in [0.15, 0.2) is 23.3 Å². The number of nitrogens with zero attached hydrogens (tertiary/aromatic N) is 2. The van der Waals surface area contributed by atoms with Crippen LogP contribution in [0.2, 0.25) is 0 Å². The number of nitro benzene ring substituents is 1. The molecule has 122 valence electrons. The van der Waals surface area contributed by atoms with Crippen LogP contribution in [-0.2, 0) is 0 Å². The Labute approximate surface area is 135 Å². The van der Waals surface area contributed by atoms with Crippen LogP contribution in [0.25, 0.3) is 0 Å². The Hall–Kier alpha value is -2.24. The first-order chi connectivity index (χ1) is 11.0. The maximum atomic E-state index is 12.2. The largest absolute Gasteiger partial charge is 0.272 e. The standard InChI is InChI=1S/C17H21N3O3/c1-10-7-14(5-6-16(10)20(22)23)17(21)19-18-11(2)15-9-12-3-4-13(15)8-12/h5-7,12-13,15H,3-4,8-9H2,1-2H3,(H,19,21)/b18-11+/t12-,13-,15+/m1/s1. The number of amides is 1. The molecule has 3 rings (SSSR count). The van der Waals surface area contributed by atoms with E-state index in [1.54, 1.807) is 6.92 Å². The summed E-state index contributed by atoms with van der Waals surface area (Å²) in [5.74, 6) is 1.73. The molecule has 6 heteroatoms. The number of benzene rings is 1. The molecule has 0 aliphatic heterocycles. The maximum absolute atomic E-state index is 12.2. The number of aryl methyl sites for hydroxylation is 1. The number of carbonyl (C=O) groups is 1. The fourth-order valence-electron chi connectivity index (χ4n) is 4.04. The van der Waals surface area contributed by atoms with Gasteiger partial charge in [0.2, 0.25) is 0 Å². The van der Waals surface area contributed by atoms with Crippen molar-refractivity contribution in [2.75, 3.05) is 0 Å². The van der Waals surface area contributed by atoms with Crippen molar-refractivity contribution in [2.24, 2.45) is 22.9 Å². The first-order valence-electron chi connectivity index (χ1n) is 8.05. The normalized spacial score (nSPS) is 26.3. The third kappa shape index (κ3) is 3.11. The molecular formula is C17H21N3O3. The van der Waals surface area contributed by atoms with Gasteiger partial charge < -0.3 is 0 Å². The smallest absolute Gasteiger partial charge is 0.267 e. The minimum absolute atomic E-state index is 0.0169. The number of nitrogens with one attached hydrogen (secondary N) is 1. The molecule has 2 saturated carbocycles. The van der Waals surface area contributed by atoms with Crippen molar-refractivity contribution in [3.05, 3.63) is 39.4 Å². The highest BCUT2D eigenvalue weighted by atomic mass is 16.6. The Morgan fingerprint density at radius 1 is 1.35 bits per heavy atom. The van der Waals surface area contributed by atoms with Crippen LogP contribution >= 0.6 is 0 Å². The molecule has 2 aliphatic rings. The highest BCUT2D eigenvalue weighted by molar-refractivity contribution is 5.96. The van der Waals surface area contributed by atoms with Crippen molar-refractivity contribution in [3.63, 3.8) is 0 Å². The maximum Gasteiger partial charge on any atom is 0.272 e. The summed E-state index contributed by atoms with van der Waals surface area (Å²) >= 11 is 0. The monoisotopic (exact) mass is 315 g/mol. The number of hydrogen-bond donors (Lipinski definition) is 1. The molecule has 1 aromatic carbocycles. The zero-order valence-electron chi connectivity index (χ0n) is 13.4. The van der Waals surface area contributed by atoms with Crippen LogP contribution in [-0.4, -0.2) is 16.5 Å². The Bertz CT molecular complexity index is 684. The second-order valence-corrected chi connectivity index (χ2v) is 6.73. The summed E-state index contributed by atoms with van der Waals surface area (Å²) in [5, 5.41) is 15.1. The van der Waals surface area contributed by atoms with Crippen molar-refractivity contribution in [1.29, 1.82) is 0 Å². The SMILES string of the molecule is C/C(=N\NC(=O)c1ccc([N+](=O)[O-])c(C)c1)[C@@H]1C[C@@H]2CC[C@@H]1C2. The molecule has 6 nitrogen and oxygen atoms in total. The summed E-state index contributed by atoms with van der Waals surface area (Å²) in [5.41, 5.74) is 4.45. The van der Waals surface area contributed by atoms with Gasteiger partial charge in [0.25, 0.3) is 11.6 Å². The van der Waals surface area contributed by atoms with Gasteiger partial charge in [-0.05, 0) is 57.1 Å². The number of carbonyl (C=O) groups excluding carboxylic acids is 1. The summed E-state index contributed by atoms with van der Waals surface area (Å²) in [6.45, 7) is 3.60. The molecule has 1 N–H and O–H groups in total. The molecule has 0 unspecified atom stereocenters. The Morgan fingerprint density at radius 2 is 2.13 bits per heavy atom. The predicted molar refractivity (Wildman–Crippen MR) is 87.3 cm³/mol. The molecule has 2 fully saturated rings. The van der Waals surface area contributed by atoms with Gasteiger partial charge in [-0.25, -0.2) is 5.43 Å². The molecule has 0 aromatic heterocycles. The van der Waals surface area contributed by atoms with E-state index in [-0.39, 0.29) is 11.6 Å². The second-order valence-electron chi connectivity index (χ2n) is 6.73. The van der Waals surface area contributed by atoms with E-state index in [9.17, 15) is 14.9 Å². The molecule has 1 amide bonds. The summed E-state index contributed by atoms with van der Waals surface area (Å²) < 4.78 is 0. The van der Waals surface area contributed by atoms with Gasteiger partial charge in [0.05, 0.1) is 4.92 Å². The van der Waals surface area contributed by atoms with Crippen LogP contribution in [0, 0.1) is 34.8 Å². The molecular weight excluding hydrogens is 294 g/mol. The summed E-state index contributed by atoms with van der Waals surface area (Å²) in [6.07, 6.45) is 5.10. The third-order valence-electron chi connectivity index (χ3n) is 5.26. The molecule has 2 bridgehead atoms. The molecule has 1 aromatic rings. The van der Waals surface area contributed by atoms with Crippen LogP contribution in [0.5, 0.6) is 0 Å². The average molecular weight is 315 g/mol. The molecule has 2 aliphatic carbocycles. The van der Waals surface area contributed by atoms with Gasteiger partial charge in [-0.15, -0.1) is 0 Å². The van der Waals surface area contributed by atoms with E-state index in [2.05, 4.69) is 10.5 Å². The molecule has 23 heavy (non-hydrogen) atoms.